The van der Waals surface area contributed by atoms with E-state index in [1.807, 2.05) is 22.7 Å². The van der Waals surface area contributed by atoms with Crippen LogP contribution in [0.3, 0.4) is 0 Å². The Labute approximate surface area is 105 Å². The van der Waals surface area contributed by atoms with Gasteiger partial charge in [0.2, 0.25) is 0 Å². The summed E-state index contributed by atoms with van der Waals surface area (Å²) >= 11 is 0. The number of aromatic nitrogens is 2. The van der Waals surface area contributed by atoms with Gasteiger partial charge < -0.3 is 14.2 Å². The fourth-order valence-corrected chi connectivity index (χ4v) is 2.49. The molecule has 0 aromatic carbocycles. The third kappa shape index (κ3) is 1.77. The molecule has 1 saturated heterocycles. The number of aryl methyl sites for hydroxylation is 1. The highest BCUT2D eigenvalue weighted by atomic mass is 16.5. The number of nitrogens with zero attached hydrogens (tertiary/aromatic N) is 4. The van der Waals surface area contributed by atoms with Crippen LogP contribution in [0.2, 0.25) is 0 Å². The van der Waals surface area contributed by atoms with E-state index in [1.165, 1.54) is 6.40 Å². The van der Waals surface area contributed by atoms with E-state index in [0.29, 0.717) is 0 Å². The van der Waals surface area contributed by atoms with Crippen LogP contribution < -0.4 is 0 Å². The molecule has 0 saturated carbocycles. The Hall–Kier alpha value is -1.85. The van der Waals surface area contributed by atoms with Crippen molar-refractivity contribution in [2.24, 2.45) is 12.0 Å². The zero-order chi connectivity index (χ0) is 12.5. The molecule has 0 unspecified atom stereocenters. The summed E-state index contributed by atoms with van der Waals surface area (Å²) in [5.41, 5.74) is 0. The second-order valence-electron chi connectivity index (χ2n) is 4.68. The highest BCUT2D eigenvalue weighted by Crippen LogP contribution is 2.27. The molecule has 1 fully saturated rings. The maximum atomic E-state index is 12.4. The Morgan fingerprint density at radius 3 is 2.89 bits per heavy atom. The van der Waals surface area contributed by atoms with Crippen LogP contribution in [0.4, 0.5) is 0 Å². The predicted octanol–water partition coefficient (Wildman–Crippen LogP) is 0.511. The molecule has 3 heterocycles. The molecular weight excluding hydrogens is 232 g/mol. The molecule has 1 amide bonds. The molecule has 2 atom stereocenters. The number of carbonyl (C=O) groups is 1. The third-order valence-electron chi connectivity index (χ3n) is 3.50. The number of hydrogen-bond acceptors (Lipinski definition) is 4. The van der Waals surface area contributed by atoms with Crippen molar-refractivity contribution in [2.45, 2.75) is 25.0 Å². The zero-order valence-electron chi connectivity index (χ0n) is 10.3. The van der Waals surface area contributed by atoms with Crippen molar-refractivity contribution in [1.82, 2.24) is 14.5 Å². The van der Waals surface area contributed by atoms with Crippen molar-refractivity contribution in [3.8, 4) is 0 Å². The molecule has 3 rings (SSSR count). The summed E-state index contributed by atoms with van der Waals surface area (Å²) in [6.07, 6.45) is 6.69. The topological polar surface area (TPSA) is 59.7 Å². The fraction of sp³-hybridized carbons (Fsp3) is 0.583. The first-order valence-corrected chi connectivity index (χ1v) is 6.20. The third-order valence-corrected chi connectivity index (χ3v) is 3.50. The lowest BCUT2D eigenvalue weighted by molar-refractivity contribution is -0.133. The minimum atomic E-state index is -0.482. The largest absolute Gasteiger partial charge is 0.470 e. The highest BCUT2D eigenvalue weighted by molar-refractivity contribution is 5.85. The number of amides is 1. The van der Waals surface area contributed by atoms with E-state index < -0.39 is 12.1 Å². The first-order chi connectivity index (χ1) is 8.77. The first kappa shape index (κ1) is 11.3. The van der Waals surface area contributed by atoms with Crippen molar-refractivity contribution in [1.29, 1.82) is 0 Å². The van der Waals surface area contributed by atoms with Gasteiger partial charge in [0.15, 0.2) is 24.4 Å². The van der Waals surface area contributed by atoms with Crippen molar-refractivity contribution in [3.05, 3.63) is 18.2 Å². The molecule has 0 radical (unpaired) electrons. The van der Waals surface area contributed by atoms with E-state index in [0.717, 1.165) is 31.8 Å². The number of carbonyl (C=O) groups excluding carboxylic acids is 1. The second kappa shape index (κ2) is 4.44. The van der Waals surface area contributed by atoms with E-state index in [4.69, 9.17) is 4.74 Å². The number of rotatable bonds is 2. The molecule has 2 aliphatic rings. The second-order valence-corrected chi connectivity index (χ2v) is 4.68. The normalized spacial score (nSPS) is 26.6. The van der Waals surface area contributed by atoms with Gasteiger partial charge in [-0.05, 0) is 12.8 Å². The molecule has 2 aliphatic heterocycles. The Balaban J connectivity index is 1.80. The van der Waals surface area contributed by atoms with Crippen LogP contribution in [-0.4, -0.2) is 45.9 Å². The number of ether oxygens (including phenoxy) is 1. The van der Waals surface area contributed by atoms with Gasteiger partial charge in [-0.25, -0.2) is 9.98 Å². The fourth-order valence-electron chi connectivity index (χ4n) is 2.49. The Morgan fingerprint density at radius 1 is 1.44 bits per heavy atom. The Kier molecular flexibility index (Phi) is 2.77. The lowest BCUT2D eigenvalue weighted by Gasteiger charge is -2.21. The molecule has 0 N–H and O–H groups in total. The summed E-state index contributed by atoms with van der Waals surface area (Å²) in [5.74, 6) is 0.791. The number of aliphatic imine (C=N–C) groups is 1. The van der Waals surface area contributed by atoms with E-state index >= 15 is 0 Å². The minimum absolute atomic E-state index is 0.0502. The first-order valence-electron chi connectivity index (χ1n) is 6.20. The highest BCUT2D eigenvalue weighted by Gasteiger charge is 2.39. The average Bonchev–Trinajstić information content (AvgIpc) is 3.09. The van der Waals surface area contributed by atoms with Gasteiger partial charge in [0.25, 0.3) is 5.91 Å². The van der Waals surface area contributed by atoms with E-state index in [9.17, 15) is 4.79 Å². The minimum Gasteiger partial charge on any atom is -0.470 e. The zero-order valence-corrected chi connectivity index (χ0v) is 10.3. The van der Waals surface area contributed by atoms with Crippen LogP contribution in [0.5, 0.6) is 0 Å². The van der Waals surface area contributed by atoms with Gasteiger partial charge in [0.05, 0.1) is 0 Å². The van der Waals surface area contributed by atoms with Gasteiger partial charge in [-0.3, -0.25) is 4.79 Å². The van der Waals surface area contributed by atoms with E-state index in [-0.39, 0.29) is 5.91 Å². The van der Waals surface area contributed by atoms with Crippen molar-refractivity contribution < 1.29 is 9.53 Å². The summed E-state index contributed by atoms with van der Waals surface area (Å²) in [4.78, 5) is 22.6. The smallest absolute Gasteiger partial charge is 0.251 e. The molecular formula is C12H16N4O2. The maximum Gasteiger partial charge on any atom is 0.251 e. The van der Waals surface area contributed by atoms with Gasteiger partial charge >= 0.3 is 0 Å². The molecule has 6 nitrogen and oxygen atoms in total. The molecule has 0 bridgehead atoms. The van der Waals surface area contributed by atoms with Crippen molar-refractivity contribution in [3.63, 3.8) is 0 Å². The van der Waals surface area contributed by atoms with Gasteiger partial charge in [-0.1, -0.05) is 0 Å². The number of likely N-dealkylation sites (tertiary alicyclic amines) is 1. The summed E-state index contributed by atoms with van der Waals surface area (Å²) in [6, 6.07) is -0.482. The van der Waals surface area contributed by atoms with Crippen molar-refractivity contribution in [2.75, 3.05) is 13.1 Å². The molecule has 18 heavy (non-hydrogen) atoms. The van der Waals surface area contributed by atoms with Gasteiger partial charge in [-0.15, -0.1) is 0 Å². The van der Waals surface area contributed by atoms with Crippen LogP contribution in [0.25, 0.3) is 0 Å². The maximum absolute atomic E-state index is 12.4. The van der Waals surface area contributed by atoms with Gasteiger partial charge in [0, 0.05) is 32.5 Å². The van der Waals surface area contributed by atoms with Crippen molar-refractivity contribution >= 4 is 12.3 Å². The van der Waals surface area contributed by atoms with Crippen LogP contribution in [0, 0.1) is 0 Å². The molecule has 0 aliphatic carbocycles. The van der Waals surface area contributed by atoms with Crippen LogP contribution in [-0.2, 0) is 16.6 Å². The number of imidazole rings is 1. The lowest BCUT2D eigenvalue weighted by atomic mass is 10.1. The molecule has 96 valence electrons. The predicted molar refractivity (Wildman–Crippen MR) is 65.1 cm³/mol. The molecule has 1 aromatic heterocycles. The number of hydrogen-bond donors (Lipinski definition) is 0. The lowest BCUT2D eigenvalue weighted by Crippen LogP contribution is -2.38. The summed E-state index contributed by atoms with van der Waals surface area (Å²) in [7, 11) is 1.89. The molecule has 1 aromatic rings. The van der Waals surface area contributed by atoms with Gasteiger partial charge in [0.1, 0.15) is 0 Å². The van der Waals surface area contributed by atoms with Crippen LogP contribution in [0.1, 0.15) is 24.8 Å². The monoisotopic (exact) mass is 248 g/mol. The van der Waals surface area contributed by atoms with Crippen LogP contribution >= 0.6 is 0 Å². The quantitative estimate of drug-likeness (QED) is 0.766. The summed E-state index contributed by atoms with van der Waals surface area (Å²) < 4.78 is 7.31. The summed E-state index contributed by atoms with van der Waals surface area (Å²) in [5, 5.41) is 0. The van der Waals surface area contributed by atoms with E-state index in [1.54, 1.807) is 6.20 Å². The molecule has 0 spiro atoms. The average molecular weight is 248 g/mol. The Morgan fingerprint density at radius 2 is 2.22 bits per heavy atom. The SMILES string of the molecule is Cn1ccnc1[C@H]1OC=N[C@@H]1C(=O)N1CCCC1. The molecule has 6 heteroatoms. The standard InChI is InChI=1S/C12H16N4O2/c1-15-7-4-13-11(15)10-9(14-8-18-10)12(17)16-5-2-3-6-16/h4,7-10H,2-3,5-6H2,1H3/t9-,10-/m0/s1. The summed E-state index contributed by atoms with van der Waals surface area (Å²) in [6.45, 7) is 1.66. The van der Waals surface area contributed by atoms with Crippen LogP contribution in [0.15, 0.2) is 17.4 Å². The Bertz CT molecular complexity index is 476. The van der Waals surface area contributed by atoms with Gasteiger partial charge in [-0.2, -0.15) is 0 Å². The van der Waals surface area contributed by atoms with E-state index in [2.05, 4.69) is 9.98 Å².